The molecule has 1 aromatic carbocycles. The van der Waals surface area contributed by atoms with Crippen molar-refractivity contribution in [2.75, 3.05) is 5.73 Å². The summed E-state index contributed by atoms with van der Waals surface area (Å²) in [4.78, 5) is 4.69. The molecule has 0 unspecified atom stereocenters. The lowest BCUT2D eigenvalue weighted by Crippen LogP contribution is -1.80. The highest BCUT2D eigenvalue weighted by Gasteiger charge is 2.03. The van der Waals surface area contributed by atoms with Crippen LogP contribution in [0.4, 0.5) is 6.01 Å². The van der Waals surface area contributed by atoms with Crippen molar-refractivity contribution in [2.45, 2.75) is 4.90 Å². The van der Waals surface area contributed by atoms with E-state index in [-0.39, 0.29) is 6.01 Å². The van der Waals surface area contributed by atoms with Crippen molar-refractivity contribution in [1.82, 2.24) is 4.98 Å². The number of aromatic nitrogens is 1. The number of thiol groups is 1. The van der Waals surface area contributed by atoms with Crippen molar-refractivity contribution >= 4 is 29.7 Å². The van der Waals surface area contributed by atoms with E-state index in [1.54, 1.807) is 0 Å². The van der Waals surface area contributed by atoms with E-state index in [0.29, 0.717) is 5.58 Å². The molecule has 2 N–H and O–H groups in total. The average Bonchev–Trinajstić information content (AvgIpc) is 2.31. The number of anilines is 1. The first-order valence-electron chi connectivity index (χ1n) is 3.11. The van der Waals surface area contributed by atoms with Gasteiger partial charge in [0.1, 0.15) is 5.52 Å². The summed E-state index contributed by atoms with van der Waals surface area (Å²) in [5, 5.41) is 0. The third-order valence-corrected chi connectivity index (χ3v) is 1.76. The van der Waals surface area contributed by atoms with Crippen LogP contribution in [0.5, 0.6) is 0 Å². The second kappa shape index (κ2) is 2.17. The molecule has 2 aromatic rings. The van der Waals surface area contributed by atoms with Crippen molar-refractivity contribution in [3.63, 3.8) is 0 Å². The smallest absolute Gasteiger partial charge is 0.293 e. The highest BCUT2D eigenvalue weighted by Crippen LogP contribution is 2.22. The third kappa shape index (κ3) is 0.952. The first kappa shape index (κ1) is 6.54. The van der Waals surface area contributed by atoms with Crippen molar-refractivity contribution in [2.24, 2.45) is 0 Å². The molecule has 0 saturated carbocycles. The van der Waals surface area contributed by atoms with Crippen LogP contribution in [0.3, 0.4) is 0 Å². The number of hydrogen-bond donors (Lipinski definition) is 2. The van der Waals surface area contributed by atoms with Gasteiger partial charge in [0.05, 0.1) is 0 Å². The molecule has 0 fully saturated rings. The molecule has 0 aliphatic heterocycles. The van der Waals surface area contributed by atoms with Gasteiger partial charge < -0.3 is 10.2 Å². The maximum atomic E-state index is 5.35. The van der Waals surface area contributed by atoms with Crippen molar-refractivity contribution in [1.29, 1.82) is 0 Å². The Kier molecular flexibility index (Phi) is 1.29. The molecule has 3 nitrogen and oxygen atoms in total. The zero-order valence-electron chi connectivity index (χ0n) is 5.61. The molecule has 1 heterocycles. The fraction of sp³-hybridized carbons (Fsp3) is 0. The molecule has 1 aromatic heterocycles. The molecule has 2 rings (SSSR count). The minimum atomic E-state index is 0.182. The Hall–Kier alpha value is -1.16. The number of nitrogen functional groups attached to an aromatic ring is 1. The lowest BCUT2D eigenvalue weighted by Gasteiger charge is -1.88. The number of oxazole rings is 1. The minimum absolute atomic E-state index is 0.182. The third-order valence-electron chi connectivity index (χ3n) is 1.41. The zero-order valence-corrected chi connectivity index (χ0v) is 6.51. The van der Waals surface area contributed by atoms with E-state index < -0.39 is 0 Å². The maximum absolute atomic E-state index is 5.35. The van der Waals surface area contributed by atoms with Crippen LogP contribution < -0.4 is 5.73 Å². The van der Waals surface area contributed by atoms with Crippen LogP contribution in [0.1, 0.15) is 0 Å². The van der Waals surface area contributed by atoms with E-state index in [1.807, 2.05) is 18.2 Å². The summed E-state index contributed by atoms with van der Waals surface area (Å²) in [7, 11) is 0. The van der Waals surface area contributed by atoms with Crippen LogP contribution in [0.25, 0.3) is 11.1 Å². The predicted octanol–water partition coefficient (Wildman–Crippen LogP) is 1.70. The second-order valence-electron chi connectivity index (χ2n) is 2.18. The van der Waals surface area contributed by atoms with Crippen LogP contribution in [0.15, 0.2) is 27.5 Å². The standard InChI is InChI=1S/C7H6N2OS/c8-7-9-4-2-1-3-5(11)6(4)10-7/h1-3,11H,(H2,8,9). The molecule has 4 heteroatoms. The highest BCUT2D eigenvalue weighted by atomic mass is 32.1. The van der Waals surface area contributed by atoms with Gasteiger partial charge in [-0.05, 0) is 12.1 Å². The van der Waals surface area contributed by atoms with Gasteiger partial charge in [0.25, 0.3) is 6.01 Å². The molecule has 0 spiro atoms. The van der Waals surface area contributed by atoms with E-state index in [0.717, 1.165) is 10.4 Å². The summed E-state index contributed by atoms with van der Waals surface area (Å²) in [6.07, 6.45) is 0. The Morgan fingerprint density at radius 2 is 2.27 bits per heavy atom. The summed E-state index contributed by atoms with van der Waals surface area (Å²) in [5.41, 5.74) is 6.74. The first-order chi connectivity index (χ1) is 5.27. The second-order valence-corrected chi connectivity index (χ2v) is 2.66. The number of rotatable bonds is 0. The van der Waals surface area contributed by atoms with Gasteiger partial charge in [0.15, 0.2) is 5.58 Å². The van der Waals surface area contributed by atoms with Gasteiger partial charge in [0.2, 0.25) is 0 Å². The van der Waals surface area contributed by atoms with Crippen LogP contribution >= 0.6 is 12.6 Å². The summed E-state index contributed by atoms with van der Waals surface area (Å²) in [5.74, 6) is 0. The number of nitrogens with two attached hydrogens (primary N) is 1. The molecule has 0 saturated heterocycles. The van der Waals surface area contributed by atoms with Crippen LogP contribution in [-0.2, 0) is 0 Å². The average molecular weight is 166 g/mol. The van der Waals surface area contributed by atoms with E-state index in [4.69, 9.17) is 10.2 Å². The fourth-order valence-electron chi connectivity index (χ4n) is 0.952. The first-order valence-corrected chi connectivity index (χ1v) is 3.56. The van der Waals surface area contributed by atoms with Crippen molar-refractivity contribution in [3.8, 4) is 0 Å². The van der Waals surface area contributed by atoms with Gasteiger partial charge >= 0.3 is 0 Å². The molecular weight excluding hydrogens is 160 g/mol. The SMILES string of the molecule is Nc1nc2cccc(S)c2o1. The van der Waals surface area contributed by atoms with Crippen molar-refractivity contribution in [3.05, 3.63) is 18.2 Å². The van der Waals surface area contributed by atoms with Gasteiger partial charge in [0, 0.05) is 4.90 Å². The van der Waals surface area contributed by atoms with Crippen LogP contribution in [0, 0.1) is 0 Å². The number of hydrogen-bond acceptors (Lipinski definition) is 4. The van der Waals surface area contributed by atoms with Gasteiger partial charge in [-0.2, -0.15) is 4.98 Å². The summed E-state index contributed by atoms with van der Waals surface area (Å²) in [6, 6.07) is 5.69. The van der Waals surface area contributed by atoms with Crippen LogP contribution in [-0.4, -0.2) is 4.98 Å². The number of para-hydroxylation sites is 1. The Balaban J connectivity index is 2.90. The van der Waals surface area contributed by atoms with Crippen LogP contribution in [0.2, 0.25) is 0 Å². The van der Waals surface area contributed by atoms with E-state index in [1.165, 1.54) is 0 Å². The molecule has 0 bridgehead atoms. The summed E-state index contributed by atoms with van der Waals surface area (Å²) < 4.78 is 5.09. The highest BCUT2D eigenvalue weighted by molar-refractivity contribution is 7.80. The molecule has 56 valence electrons. The van der Waals surface area contributed by atoms with E-state index >= 15 is 0 Å². The topological polar surface area (TPSA) is 52.0 Å². The molecule has 0 radical (unpaired) electrons. The van der Waals surface area contributed by atoms with Crippen molar-refractivity contribution < 1.29 is 4.42 Å². The molecule has 0 aliphatic carbocycles. The number of fused-ring (bicyclic) bond motifs is 1. The number of nitrogens with zero attached hydrogens (tertiary/aromatic N) is 1. The molecule has 0 aliphatic rings. The Labute approximate surface area is 68.6 Å². The maximum Gasteiger partial charge on any atom is 0.293 e. The minimum Gasteiger partial charge on any atom is -0.423 e. The molecule has 0 atom stereocenters. The number of benzene rings is 1. The predicted molar refractivity (Wildman–Crippen MR) is 45.7 cm³/mol. The van der Waals surface area contributed by atoms with Gasteiger partial charge in [-0.25, -0.2) is 0 Å². The van der Waals surface area contributed by atoms with Gasteiger partial charge in [-0.1, -0.05) is 6.07 Å². The fourth-order valence-corrected chi connectivity index (χ4v) is 1.20. The monoisotopic (exact) mass is 166 g/mol. The van der Waals surface area contributed by atoms with E-state index in [9.17, 15) is 0 Å². The lowest BCUT2D eigenvalue weighted by molar-refractivity contribution is 0.619. The normalized spacial score (nSPS) is 10.6. The Morgan fingerprint density at radius 3 is 3.00 bits per heavy atom. The molecular formula is C7H6N2OS. The summed E-state index contributed by atoms with van der Waals surface area (Å²) in [6.45, 7) is 0. The lowest BCUT2D eigenvalue weighted by atomic mass is 10.3. The summed E-state index contributed by atoms with van der Waals surface area (Å²) >= 11 is 4.17. The Morgan fingerprint density at radius 1 is 1.45 bits per heavy atom. The molecule has 11 heavy (non-hydrogen) atoms. The molecule has 0 amide bonds. The van der Waals surface area contributed by atoms with Gasteiger partial charge in [-0.15, -0.1) is 12.6 Å². The quantitative estimate of drug-likeness (QED) is 0.585. The largest absolute Gasteiger partial charge is 0.423 e. The van der Waals surface area contributed by atoms with E-state index in [2.05, 4.69) is 17.6 Å². The van der Waals surface area contributed by atoms with Gasteiger partial charge in [-0.3, -0.25) is 0 Å². The zero-order chi connectivity index (χ0) is 7.84. The Bertz CT molecular complexity index is 396.